The molecule has 152 valence electrons. The average molecular weight is 416 g/mol. The maximum Gasteiger partial charge on any atom is 0.338 e. The normalized spacial score (nSPS) is 11.9. The van der Waals surface area contributed by atoms with Crippen LogP contribution in [0.5, 0.6) is 17.2 Å². The number of rotatable bonds is 7. The number of thiophene rings is 1. The third-order valence-electron chi connectivity index (χ3n) is 4.52. The first kappa shape index (κ1) is 20.5. The van der Waals surface area contributed by atoms with E-state index in [0.29, 0.717) is 27.8 Å². The van der Waals surface area contributed by atoms with Gasteiger partial charge in [-0.1, -0.05) is 0 Å². The summed E-state index contributed by atoms with van der Waals surface area (Å²) in [6.07, 6.45) is 2.79. The number of carbonyl (C=O) groups is 2. The summed E-state index contributed by atoms with van der Waals surface area (Å²) in [6.45, 7) is -0.483. The maximum atomic E-state index is 12.4. The number of anilines is 1. The predicted octanol–water partition coefficient (Wildman–Crippen LogP) is 2.93. The van der Waals surface area contributed by atoms with E-state index in [9.17, 15) is 14.9 Å². The maximum absolute atomic E-state index is 12.4. The Kier molecular flexibility index (Phi) is 6.24. The Morgan fingerprint density at radius 2 is 1.83 bits per heavy atom. The second-order valence-corrected chi connectivity index (χ2v) is 7.32. The molecule has 0 fully saturated rings. The Morgan fingerprint density at radius 3 is 2.41 bits per heavy atom. The minimum absolute atomic E-state index is 0.153. The molecule has 0 atom stereocenters. The zero-order valence-electron chi connectivity index (χ0n) is 16.3. The van der Waals surface area contributed by atoms with Crippen LogP contribution < -0.4 is 19.5 Å². The zero-order valence-corrected chi connectivity index (χ0v) is 17.1. The quantitative estimate of drug-likeness (QED) is 0.692. The molecule has 1 aliphatic carbocycles. The number of hydrogen-bond donors (Lipinski definition) is 1. The van der Waals surface area contributed by atoms with Gasteiger partial charge in [-0.25, -0.2) is 4.79 Å². The van der Waals surface area contributed by atoms with Crippen LogP contribution in [0.25, 0.3) is 0 Å². The molecule has 0 unspecified atom stereocenters. The van der Waals surface area contributed by atoms with Crippen molar-refractivity contribution < 1.29 is 28.5 Å². The lowest BCUT2D eigenvalue weighted by Gasteiger charge is -2.13. The third kappa shape index (κ3) is 4.12. The van der Waals surface area contributed by atoms with Crippen molar-refractivity contribution >= 4 is 28.2 Å². The molecule has 3 rings (SSSR count). The number of fused-ring (bicyclic) bond motifs is 1. The van der Waals surface area contributed by atoms with E-state index < -0.39 is 18.5 Å². The molecular formula is C20H20N2O6S. The van der Waals surface area contributed by atoms with Crippen LogP contribution in [0.2, 0.25) is 0 Å². The van der Waals surface area contributed by atoms with Crippen molar-refractivity contribution in [3.05, 3.63) is 33.7 Å². The lowest BCUT2D eigenvalue weighted by Crippen LogP contribution is -2.21. The van der Waals surface area contributed by atoms with Gasteiger partial charge in [0.2, 0.25) is 5.75 Å². The van der Waals surface area contributed by atoms with E-state index in [1.165, 1.54) is 44.8 Å². The number of benzene rings is 1. The highest BCUT2D eigenvalue weighted by atomic mass is 32.1. The van der Waals surface area contributed by atoms with Crippen molar-refractivity contribution in [2.75, 3.05) is 33.3 Å². The molecule has 1 aromatic heterocycles. The van der Waals surface area contributed by atoms with E-state index >= 15 is 0 Å². The first-order chi connectivity index (χ1) is 14.0. The molecule has 1 N–H and O–H groups in total. The number of amides is 1. The average Bonchev–Trinajstić information content (AvgIpc) is 3.31. The van der Waals surface area contributed by atoms with E-state index in [4.69, 9.17) is 18.9 Å². The topological polar surface area (TPSA) is 107 Å². The second-order valence-electron chi connectivity index (χ2n) is 6.21. The Morgan fingerprint density at radius 1 is 1.14 bits per heavy atom. The van der Waals surface area contributed by atoms with Crippen molar-refractivity contribution in [3.63, 3.8) is 0 Å². The molecular weight excluding hydrogens is 396 g/mol. The van der Waals surface area contributed by atoms with Gasteiger partial charge in [-0.15, -0.1) is 11.3 Å². The fourth-order valence-electron chi connectivity index (χ4n) is 3.19. The Labute approximate surface area is 171 Å². The van der Waals surface area contributed by atoms with Gasteiger partial charge in [-0.05, 0) is 37.0 Å². The summed E-state index contributed by atoms with van der Waals surface area (Å²) in [5, 5.41) is 12.6. The summed E-state index contributed by atoms with van der Waals surface area (Å²) in [6, 6.07) is 5.04. The van der Waals surface area contributed by atoms with Gasteiger partial charge in [0, 0.05) is 4.88 Å². The summed E-state index contributed by atoms with van der Waals surface area (Å²) >= 11 is 1.40. The molecule has 1 heterocycles. The second kappa shape index (κ2) is 8.84. The van der Waals surface area contributed by atoms with Crippen LogP contribution in [-0.4, -0.2) is 39.8 Å². The zero-order chi connectivity index (χ0) is 21.0. The molecule has 1 aromatic carbocycles. The highest BCUT2D eigenvalue weighted by molar-refractivity contribution is 7.16. The third-order valence-corrected chi connectivity index (χ3v) is 5.73. The van der Waals surface area contributed by atoms with Crippen LogP contribution >= 0.6 is 11.3 Å². The van der Waals surface area contributed by atoms with E-state index in [-0.39, 0.29) is 5.56 Å². The molecule has 0 radical (unpaired) electrons. The van der Waals surface area contributed by atoms with E-state index in [1.54, 1.807) is 0 Å². The van der Waals surface area contributed by atoms with Crippen LogP contribution in [0, 0.1) is 11.3 Å². The largest absolute Gasteiger partial charge is 0.493 e. The monoisotopic (exact) mass is 416 g/mol. The number of ether oxygens (including phenoxy) is 4. The number of methoxy groups -OCH3 is 3. The molecule has 1 aliphatic rings. The SMILES string of the molecule is COc1cc(C(=O)OCC(=O)Nc2sc3c(c2C#N)CCC3)cc(OC)c1OC. The van der Waals surface area contributed by atoms with Gasteiger partial charge in [-0.3, -0.25) is 4.79 Å². The molecule has 0 spiro atoms. The Balaban J connectivity index is 1.67. The molecule has 0 aliphatic heterocycles. The first-order valence-corrected chi connectivity index (χ1v) is 9.65. The minimum Gasteiger partial charge on any atom is -0.493 e. The van der Waals surface area contributed by atoms with Crippen molar-refractivity contribution in [1.82, 2.24) is 0 Å². The Hall–Kier alpha value is -3.25. The smallest absolute Gasteiger partial charge is 0.338 e. The Bertz CT molecular complexity index is 967. The molecule has 1 amide bonds. The molecule has 8 nitrogen and oxygen atoms in total. The first-order valence-electron chi connectivity index (χ1n) is 8.84. The van der Waals surface area contributed by atoms with Gasteiger partial charge in [0.1, 0.15) is 11.1 Å². The van der Waals surface area contributed by atoms with Crippen LogP contribution in [-0.2, 0) is 22.4 Å². The number of aryl methyl sites for hydroxylation is 1. The van der Waals surface area contributed by atoms with Gasteiger partial charge in [-0.2, -0.15) is 5.26 Å². The standard InChI is InChI=1S/C20H20N2O6S/c1-25-14-7-11(8-15(26-2)18(14)27-3)20(24)28-10-17(23)22-19-13(9-21)12-5-4-6-16(12)29-19/h7-8H,4-6,10H2,1-3H3,(H,22,23). The number of nitriles is 1. The summed E-state index contributed by atoms with van der Waals surface area (Å²) in [4.78, 5) is 25.7. The molecule has 0 saturated heterocycles. The number of hydrogen-bond acceptors (Lipinski definition) is 8. The van der Waals surface area contributed by atoms with Gasteiger partial charge >= 0.3 is 5.97 Å². The number of nitrogens with one attached hydrogen (secondary N) is 1. The molecule has 2 aromatic rings. The van der Waals surface area contributed by atoms with Gasteiger partial charge in [0.05, 0.1) is 32.5 Å². The minimum atomic E-state index is -0.714. The summed E-state index contributed by atoms with van der Waals surface area (Å²) in [5.74, 6) is -0.278. The summed E-state index contributed by atoms with van der Waals surface area (Å²) in [7, 11) is 4.33. The van der Waals surface area contributed by atoms with Crippen LogP contribution in [0.4, 0.5) is 5.00 Å². The van der Waals surface area contributed by atoms with Gasteiger partial charge in [0.15, 0.2) is 18.1 Å². The van der Waals surface area contributed by atoms with Gasteiger partial charge in [0.25, 0.3) is 5.91 Å². The highest BCUT2D eigenvalue weighted by Gasteiger charge is 2.24. The van der Waals surface area contributed by atoms with Crippen molar-refractivity contribution in [2.45, 2.75) is 19.3 Å². The molecule has 29 heavy (non-hydrogen) atoms. The fraction of sp³-hybridized carbons (Fsp3) is 0.350. The lowest BCUT2D eigenvalue weighted by atomic mass is 10.1. The lowest BCUT2D eigenvalue weighted by molar-refractivity contribution is -0.119. The molecule has 0 saturated carbocycles. The fourth-order valence-corrected chi connectivity index (χ4v) is 4.44. The number of nitrogens with zero attached hydrogens (tertiary/aromatic N) is 1. The van der Waals surface area contributed by atoms with E-state index in [0.717, 1.165) is 29.7 Å². The van der Waals surface area contributed by atoms with Crippen LogP contribution in [0.3, 0.4) is 0 Å². The van der Waals surface area contributed by atoms with Crippen LogP contribution in [0.1, 0.15) is 32.8 Å². The molecule has 0 bridgehead atoms. The van der Waals surface area contributed by atoms with E-state index in [1.807, 2.05) is 0 Å². The summed E-state index contributed by atoms with van der Waals surface area (Å²) in [5.41, 5.74) is 1.68. The van der Waals surface area contributed by atoms with Crippen LogP contribution in [0.15, 0.2) is 12.1 Å². The molecule has 9 heteroatoms. The van der Waals surface area contributed by atoms with Crippen molar-refractivity contribution in [3.8, 4) is 23.3 Å². The van der Waals surface area contributed by atoms with Crippen molar-refractivity contribution in [1.29, 1.82) is 5.26 Å². The van der Waals surface area contributed by atoms with E-state index in [2.05, 4.69) is 11.4 Å². The number of carbonyl (C=O) groups excluding carboxylic acids is 2. The predicted molar refractivity (Wildman–Crippen MR) is 106 cm³/mol. The van der Waals surface area contributed by atoms with Crippen molar-refractivity contribution in [2.24, 2.45) is 0 Å². The highest BCUT2D eigenvalue weighted by Crippen LogP contribution is 2.39. The number of esters is 1. The summed E-state index contributed by atoms with van der Waals surface area (Å²) < 4.78 is 20.7. The van der Waals surface area contributed by atoms with Gasteiger partial charge < -0.3 is 24.3 Å².